The standard InChI is InChI=1S/C15H12ClF3N4O3/c16-10-2-1-4-20-12(10)23-11(15(17,18)19)9(6-21-23)13(24)22-5-3-8(7-22)14(25)26/h1-2,4,6,8H,3,5,7H2,(H,25,26). The molecule has 0 saturated carbocycles. The molecule has 0 bridgehead atoms. The molecule has 3 rings (SSSR count). The number of carbonyl (C=O) groups is 2. The molecule has 138 valence electrons. The first-order chi connectivity index (χ1) is 12.2. The van der Waals surface area contributed by atoms with Crippen LogP contribution in [-0.2, 0) is 11.0 Å². The number of amides is 1. The van der Waals surface area contributed by atoms with Gasteiger partial charge in [0, 0.05) is 19.3 Å². The van der Waals surface area contributed by atoms with Crippen LogP contribution in [0.25, 0.3) is 5.82 Å². The molecule has 2 aromatic heterocycles. The van der Waals surface area contributed by atoms with Crippen molar-refractivity contribution < 1.29 is 27.9 Å². The van der Waals surface area contributed by atoms with E-state index in [1.54, 1.807) is 0 Å². The maximum Gasteiger partial charge on any atom is 0.434 e. The number of pyridine rings is 1. The van der Waals surface area contributed by atoms with Crippen LogP contribution in [0.2, 0.25) is 5.02 Å². The zero-order valence-corrected chi connectivity index (χ0v) is 13.8. The van der Waals surface area contributed by atoms with Crippen LogP contribution in [0, 0.1) is 5.92 Å². The Kier molecular flexibility index (Phi) is 4.61. The highest BCUT2D eigenvalue weighted by molar-refractivity contribution is 6.32. The molecule has 1 N–H and O–H groups in total. The maximum atomic E-state index is 13.6. The minimum Gasteiger partial charge on any atom is -0.481 e. The lowest BCUT2D eigenvalue weighted by molar-refractivity contribution is -0.143. The number of hydrogen-bond acceptors (Lipinski definition) is 4. The van der Waals surface area contributed by atoms with E-state index >= 15 is 0 Å². The molecule has 11 heteroatoms. The van der Waals surface area contributed by atoms with E-state index in [4.69, 9.17) is 16.7 Å². The number of aliphatic carboxylic acids is 1. The van der Waals surface area contributed by atoms with Gasteiger partial charge in [-0.2, -0.15) is 18.3 Å². The lowest BCUT2D eigenvalue weighted by Gasteiger charge is -2.17. The quantitative estimate of drug-likeness (QED) is 0.872. The first-order valence-corrected chi connectivity index (χ1v) is 7.86. The summed E-state index contributed by atoms with van der Waals surface area (Å²) in [5.74, 6) is -3.08. The molecular formula is C15H12ClF3N4O3. The van der Waals surface area contributed by atoms with Crippen LogP contribution in [-0.4, -0.2) is 49.7 Å². The highest BCUT2D eigenvalue weighted by Crippen LogP contribution is 2.35. The van der Waals surface area contributed by atoms with Crippen LogP contribution in [0.1, 0.15) is 22.5 Å². The van der Waals surface area contributed by atoms with Gasteiger partial charge in [0.2, 0.25) is 0 Å². The van der Waals surface area contributed by atoms with Crippen molar-refractivity contribution in [1.82, 2.24) is 19.7 Å². The fourth-order valence-corrected chi connectivity index (χ4v) is 2.99. The summed E-state index contributed by atoms with van der Waals surface area (Å²) in [7, 11) is 0. The molecule has 0 radical (unpaired) electrons. The molecule has 1 amide bonds. The molecule has 7 nitrogen and oxygen atoms in total. The monoisotopic (exact) mass is 388 g/mol. The van der Waals surface area contributed by atoms with Crippen molar-refractivity contribution in [3.05, 3.63) is 40.8 Å². The Morgan fingerprint density at radius 3 is 2.65 bits per heavy atom. The second-order valence-corrected chi connectivity index (χ2v) is 6.11. The van der Waals surface area contributed by atoms with E-state index in [-0.39, 0.29) is 30.4 Å². The molecule has 1 atom stereocenters. The summed E-state index contributed by atoms with van der Waals surface area (Å²) >= 11 is 5.90. The van der Waals surface area contributed by atoms with E-state index in [9.17, 15) is 22.8 Å². The molecule has 2 aromatic rings. The number of carbonyl (C=O) groups excluding carboxylic acids is 1. The number of carboxylic acid groups (broad SMARTS) is 1. The average molecular weight is 389 g/mol. The van der Waals surface area contributed by atoms with Gasteiger partial charge in [-0.3, -0.25) is 9.59 Å². The number of carboxylic acids is 1. The molecule has 0 aliphatic carbocycles. The van der Waals surface area contributed by atoms with E-state index in [1.165, 1.54) is 18.3 Å². The SMILES string of the molecule is O=C(O)C1CCN(C(=O)c2cnn(-c3ncccc3Cl)c2C(F)(F)F)C1. The van der Waals surface area contributed by atoms with E-state index in [1.807, 2.05) is 0 Å². The van der Waals surface area contributed by atoms with E-state index < -0.39 is 35.2 Å². The second-order valence-electron chi connectivity index (χ2n) is 5.70. The normalized spacial score (nSPS) is 17.5. The number of hydrogen-bond donors (Lipinski definition) is 1. The summed E-state index contributed by atoms with van der Waals surface area (Å²) < 4.78 is 41.3. The summed E-state index contributed by atoms with van der Waals surface area (Å²) in [5, 5.41) is 12.6. The summed E-state index contributed by atoms with van der Waals surface area (Å²) in [4.78, 5) is 28.4. The van der Waals surface area contributed by atoms with Gasteiger partial charge in [-0.15, -0.1) is 0 Å². The van der Waals surface area contributed by atoms with Crippen LogP contribution in [0.15, 0.2) is 24.5 Å². The summed E-state index contributed by atoms with van der Waals surface area (Å²) in [6, 6.07) is 2.80. The van der Waals surface area contributed by atoms with Gasteiger partial charge in [-0.25, -0.2) is 9.67 Å². The number of halogens is 4. The summed E-state index contributed by atoms with van der Waals surface area (Å²) in [6.07, 6.45) is -2.66. The molecule has 1 unspecified atom stereocenters. The number of likely N-dealkylation sites (tertiary alicyclic amines) is 1. The van der Waals surface area contributed by atoms with Crippen molar-refractivity contribution >= 4 is 23.5 Å². The van der Waals surface area contributed by atoms with Crippen LogP contribution < -0.4 is 0 Å². The minimum absolute atomic E-state index is 0.0582. The lowest BCUT2D eigenvalue weighted by atomic mass is 10.1. The maximum absolute atomic E-state index is 13.6. The predicted octanol–water partition coefficient (Wildman–Crippen LogP) is 2.49. The highest BCUT2D eigenvalue weighted by Gasteiger charge is 2.43. The van der Waals surface area contributed by atoms with Gasteiger partial charge in [0.1, 0.15) is 0 Å². The van der Waals surface area contributed by atoms with E-state index in [2.05, 4.69) is 10.1 Å². The van der Waals surface area contributed by atoms with Gasteiger partial charge >= 0.3 is 12.1 Å². The molecular weight excluding hydrogens is 377 g/mol. The molecule has 1 aliphatic rings. The fourth-order valence-electron chi connectivity index (χ4n) is 2.79. The summed E-state index contributed by atoms with van der Waals surface area (Å²) in [6.45, 7) is -0.0936. The molecule has 0 aromatic carbocycles. The third-order valence-electron chi connectivity index (χ3n) is 4.03. The molecule has 1 aliphatic heterocycles. The van der Waals surface area contributed by atoms with Crippen LogP contribution in [0.5, 0.6) is 0 Å². The van der Waals surface area contributed by atoms with E-state index in [0.717, 1.165) is 11.1 Å². The van der Waals surface area contributed by atoms with Crippen molar-refractivity contribution in [2.24, 2.45) is 5.92 Å². The zero-order chi connectivity index (χ0) is 19.1. The van der Waals surface area contributed by atoms with Crippen molar-refractivity contribution in [2.45, 2.75) is 12.6 Å². The van der Waals surface area contributed by atoms with Crippen molar-refractivity contribution in [2.75, 3.05) is 13.1 Å². The number of aromatic nitrogens is 3. The Hall–Kier alpha value is -2.62. The molecule has 1 fully saturated rings. The smallest absolute Gasteiger partial charge is 0.434 e. The second kappa shape index (κ2) is 6.60. The number of nitrogens with zero attached hydrogens (tertiary/aromatic N) is 4. The summed E-state index contributed by atoms with van der Waals surface area (Å²) in [5.41, 5.74) is -1.98. The van der Waals surface area contributed by atoms with Gasteiger partial charge in [0.05, 0.1) is 22.7 Å². The first kappa shape index (κ1) is 18.2. The average Bonchev–Trinajstić information content (AvgIpc) is 3.21. The van der Waals surface area contributed by atoms with Gasteiger partial charge in [0.15, 0.2) is 11.5 Å². The highest BCUT2D eigenvalue weighted by atomic mass is 35.5. The fraction of sp³-hybridized carbons (Fsp3) is 0.333. The molecule has 0 spiro atoms. The molecule has 1 saturated heterocycles. The van der Waals surface area contributed by atoms with E-state index in [0.29, 0.717) is 4.68 Å². The topological polar surface area (TPSA) is 88.3 Å². The van der Waals surface area contributed by atoms with Gasteiger partial charge in [0.25, 0.3) is 5.91 Å². The lowest BCUT2D eigenvalue weighted by Crippen LogP contribution is -2.31. The van der Waals surface area contributed by atoms with Crippen molar-refractivity contribution in [1.29, 1.82) is 0 Å². The molecule has 3 heterocycles. The van der Waals surface area contributed by atoms with Crippen molar-refractivity contribution in [3.63, 3.8) is 0 Å². The number of rotatable bonds is 3. The minimum atomic E-state index is -4.89. The Balaban J connectivity index is 2.03. The molecule has 26 heavy (non-hydrogen) atoms. The Bertz CT molecular complexity index is 868. The largest absolute Gasteiger partial charge is 0.481 e. The predicted molar refractivity (Wildman–Crippen MR) is 83.0 cm³/mol. The third kappa shape index (κ3) is 3.24. The van der Waals surface area contributed by atoms with Gasteiger partial charge < -0.3 is 10.0 Å². The van der Waals surface area contributed by atoms with Crippen LogP contribution in [0.4, 0.5) is 13.2 Å². The number of alkyl halides is 3. The van der Waals surface area contributed by atoms with Gasteiger partial charge in [-0.05, 0) is 18.6 Å². The third-order valence-corrected chi connectivity index (χ3v) is 4.33. The first-order valence-electron chi connectivity index (χ1n) is 7.48. The Morgan fingerprint density at radius 2 is 2.08 bits per heavy atom. The Morgan fingerprint density at radius 1 is 1.35 bits per heavy atom. The van der Waals surface area contributed by atoms with Crippen LogP contribution >= 0.6 is 11.6 Å². The van der Waals surface area contributed by atoms with Crippen LogP contribution in [0.3, 0.4) is 0 Å². The Labute approximate surface area is 150 Å². The zero-order valence-electron chi connectivity index (χ0n) is 13.1. The van der Waals surface area contributed by atoms with Gasteiger partial charge in [-0.1, -0.05) is 11.6 Å². The van der Waals surface area contributed by atoms with Crippen molar-refractivity contribution in [3.8, 4) is 5.82 Å².